The molecule has 5 nitrogen and oxygen atoms in total. The molecule has 1 aliphatic heterocycles. The van der Waals surface area contributed by atoms with Gasteiger partial charge in [0, 0.05) is 26.0 Å². The van der Waals surface area contributed by atoms with Crippen molar-refractivity contribution in [3.05, 3.63) is 12.4 Å². The van der Waals surface area contributed by atoms with E-state index in [2.05, 4.69) is 36.2 Å². The summed E-state index contributed by atoms with van der Waals surface area (Å²) >= 11 is 0. The van der Waals surface area contributed by atoms with Gasteiger partial charge in [-0.1, -0.05) is 39.0 Å². The maximum atomic E-state index is 7.17. The van der Waals surface area contributed by atoms with Crippen LogP contribution in [0, 0.1) is 0 Å². The van der Waals surface area contributed by atoms with E-state index >= 15 is 0 Å². The Labute approximate surface area is 111 Å². The number of hydrogen-bond acceptors (Lipinski definition) is 5. The Morgan fingerprint density at radius 3 is 2.06 bits per heavy atom. The fraction of sp³-hybridized carbons (Fsp3) is 0.833. The highest BCUT2D eigenvalue weighted by Gasteiger charge is 2.06. The smallest absolute Gasteiger partial charge is 0.402 e. The molecule has 0 amide bonds. The molecule has 0 bridgehead atoms. The van der Waals surface area contributed by atoms with Crippen molar-refractivity contribution in [1.29, 1.82) is 0 Å². The van der Waals surface area contributed by atoms with E-state index in [1.165, 1.54) is 45.1 Å². The minimum atomic E-state index is -2.17. The molecular weight excluding hydrogens is 231 g/mol. The lowest BCUT2D eigenvalue weighted by atomic mass is 10.1. The largest absolute Gasteiger partial charge is 0.631 e. The third-order valence-corrected chi connectivity index (χ3v) is 2.74. The van der Waals surface area contributed by atoms with Crippen LogP contribution in [0.15, 0.2) is 12.4 Å². The molecule has 1 rings (SSSR count). The minimum absolute atomic E-state index is 1.08. The second-order valence-corrected chi connectivity index (χ2v) is 4.62. The van der Waals surface area contributed by atoms with Gasteiger partial charge in [0.05, 0.1) is 6.67 Å². The highest BCUT2D eigenvalue weighted by Crippen LogP contribution is 2.08. The second kappa shape index (κ2) is 11.4. The summed E-state index contributed by atoms with van der Waals surface area (Å²) in [5.41, 5.74) is 0. The molecule has 3 N–H and O–H groups in total. The Morgan fingerprint density at radius 2 is 1.56 bits per heavy atom. The Bertz CT molecular complexity index is 213. The van der Waals surface area contributed by atoms with E-state index in [4.69, 9.17) is 15.1 Å². The lowest BCUT2D eigenvalue weighted by Crippen LogP contribution is -2.23. The van der Waals surface area contributed by atoms with E-state index < -0.39 is 7.32 Å². The van der Waals surface area contributed by atoms with Gasteiger partial charge in [0.2, 0.25) is 0 Å². The maximum absolute atomic E-state index is 7.17. The van der Waals surface area contributed by atoms with Crippen LogP contribution < -0.4 is 0 Å². The quantitative estimate of drug-likeness (QED) is 0.469. The van der Waals surface area contributed by atoms with E-state index in [0.29, 0.717) is 0 Å². The van der Waals surface area contributed by atoms with Crippen LogP contribution >= 0.6 is 0 Å². The summed E-state index contributed by atoms with van der Waals surface area (Å²) in [5.74, 6) is 0. The number of unbranched alkanes of at least 4 members (excludes halogenated alkanes) is 5. The zero-order valence-electron chi connectivity index (χ0n) is 11.6. The van der Waals surface area contributed by atoms with E-state index in [-0.39, 0.29) is 0 Å². The van der Waals surface area contributed by atoms with Crippen molar-refractivity contribution in [1.82, 2.24) is 9.80 Å². The van der Waals surface area contributed by atoms with Gasteiger partial charge in [-0.05, 0) is 6.42 Å². The molecule has 18 heavy (non-hydrogen) atoms. The van der Waals surface area contributed by atoms with Crippen LogP contribution in [0.25, 0.3) is 0 Å². The second-order valence-electron chi connectivity index (χ2n) is 4.62. The van der Waals surface area contributed by atoms with Crippen LogP contribution in [0.5, 0.6) is 0 Å². The summed E-state index contributed by atoms with van der Waals surface area (Å²) < 4.78 is 0. The van der Waals surface area contributed by atoms with Crippen molar-refractivity contribution in [3.63, 3.8) is 0 Å². The molecule has 1 aliphatic rings. The zero-order chi connectivity index (χ0) is 13.8. The summed E-state index contributed by atoms with van der Waals surface area (Å²) in [6, 6.07) is 0. The maximum Gasteiger partial charge on any atom is 0.631 e. The molecule has 0 aromatic heterocycles. The average molecular weight is 258 g/mol. The van der Waals surface area contributed by atoms with E-state index in [9.17, 15) is 0 Å². The predicted molar refractivity (Wildman–Crippen MR) is 74.3 cm³/mol. The molecule has 0 spiro atoms. The third-order valence-electron chi connectivity index (χ3n) is 2.74. The van der Waals surface area contributed by atoms with Gasteiger partial charge < -0.3 is 24.9 Å². The van der Waals surface area contributed by atoms with Gasteiger partial charge in [0.15, 0.2) is 0 Å². The van der Waals surface area contributed by atoms with Gasteiger partial charge >= 0.3 is 7.32 Å². The molecule has 0 saturated heterocycles. The van der Waals surface area contributed by atoms with Crippen LogP contribution in [0.4, 0.5) is 0 Å². The first-order valence-electron chi connectivity index (χ1n) is 6.73. The topological polar surface area (TPSA) is 67.2 Å². The first-order chi connectivity index (χ1) is 8.56. The molecule has 0 unspecified atom stereocenters. The fourth-order valence-electron chi connectivity index (χ4n) is 1.83. The Hall–Kier alpha value is -0.715. The molecule has 0 aromatic carbocycles. The third kappa shape index (κ3) is 11.8. The molecule has 0 fully saturated rings. The number of nitrogens with zero attached hydrogens (tertiary/aromatic N) is 2. The molecule has 106 valence electrons. The SMILES string of the molecule is CCCCCCCCN1C=CN(C)C1.OB(O)O. The summed E-state index contributed by atoms with van der Waals surface area (Å²) in [5, 5.41) is 21.5. The molecule has 0 radical (unpaired) electrons. The van der Waals surface area contributed by atoms with Crippen molar-refractivity contribution in [2.24, 2.45) is 0 Å². The predicted octanol–water partition coefficient (Wildman–Crippen LogP) is 0.971. The molecule has 0 saturated carbocycles. The van der Waals surface area contributed by atoms with Crippen LogP contribution in [0.2, 0.25) is 0 Å². The van der Waals surface area contributed by atoms with E-state index in [0.717, 1.165) is 6.67 Å². The fourth-order valence-corrected chi connectivity index (χ4v) is 1.83. The van der Waals surface area contributed by atoms with E-state index in [1.54, 1.807) is 0 Å². The monoisotopic (exact) mass is 258 g/mol. The molecule has 0 aliphatic carbocycles. The molecule has 1 heterocycles. The Kier molecular flexibility index (Phi) is 10.9. The lowest BCUT2D eigenvalue weighted by Gasteiger charge is -2.17. The normalized spacial score (nSPS) is 13.6. The van der Waals surface area contributed by atoms with Gasteiger partial charge in [0.1, 0.15) is 0 Å². The highest BCUT2D eigenvalue weighted by molar-refractivity contribution is 6.30. The number of hydrogen-bond donors (Lipinski definition) is 3. The van der Waals surface area contributed by atoms with E-state index in [1.807, 2.05) is 0 Å². The first kappa shape index (κ1) is 17.3. The van der Waals surface area contributed by atoms with Gasteiger partial charge in [-0.25, -0.2) is 0 Å². The van der Waals surface area contributed by atoms with Crippen LogP contribution in [0.3, 0.4) is 0 Å². The van der Waals surface area contributed by atoms with Crippen LogP contribution in [-0.4, -0.2) is 52.5 Å². The van der Waals surface area contributed by atoms with Crippen molar-refractivity contribution < 1.29 is 15.1 Å². The first-order valence-corrected chi connectivity index (χ1v) is 6.73. The van der Waals surface area contributed by atoms with Crippen LogP contribution in [-0.2, 0) is 0 Å². The standard InChI is InChI=1S/C12H24N2.BH3O3/c1-3-4-5-6-7-8-9-14-11-10-13(2)12-14;2-1(3)4/h10-11H,3-9,12H2,1-2H3;2-4H. The highest BCUT2D eigenvalue weighted by atomic mass is 16.5. The average Bonchev–Trinajstić information content (AvgIpc) is 2.69. The van der Waals surface area contributed by atoms with Crippen molar-refractivity contribution in [2.75, 3.05) is 20.3 Å². The summed E-state index contributed by atoms with van der Waals surface area (Å²) in [4.78, 5) is 4.61. The van der Waals surface area contributed by atoms with Crippen molar-refractivity contribution in [2.45, 2.75) is 45.4 Å². The van der Waals surface area contributed by atoms with Gasteiger partial charge in [0.25, 0.3) is 0 Å². The summed E-state index contributed by atoms with van der Waals surface area (Å²) in [6.07, 6.45) is 12.7. The lowest BCUT2D eigenvalue weighted by molar-refractivity contribution is 0.278. The van der Waals surface area contributed by atoms with Gasteiger partial charge in [-0.15, -0.1) is 0 Å². The zero-order valence-corrected chi connectivity index (χ0v) is 11.6. The van der Waals surface area contributed by atoms with Crippen LogP contribution in [0.1, 0.15) is 45.4 Å². The van der Waals surface area contributed by atoms with Gasteiger partial charge in [-0.2, -0.15) is 0 Å². The van der Waals surface area contributed by atoms with Gasteiger partial charge in [-0.3, -0.25) is 0 Å². The van der Waals surface area contributed by atoms with Crippen molar-refractivity contribution in [3.8, 4) is 0 Å². The molecule has 6 heteroatoms. The Balaban J connectivity index is 0.000000631. The molecular formula is C12H27BN2O3. The summed E-state index contributed by atoms with van der Waals surface area (Å²) in [6.45, 7) is 4.58. The Morgan fingerprint density at radius 1 is 1.00 bits per heavy atom. The van der Waals surface area contributed by atoms with Crippen molar-refractivity contribution >= 4 is 7.32 Å². The minimum Gasteiger partial charge on any atom is -0.402 e. The molecule has 0 atom stereocenters. The number of rotatable bonds is 7. The molecule has 0 aromatic rings. The summed E-state index contributed by atoms with van der Waals surface area (Å²) in [7, 11) is -0.0439.